The second-order valence-corrected chi connectivity index (χ2v) is 3.45. The van der Waals surface area contributed by atoms with Crippen LogP contribution in [-0.2, 0) is 9.59 Å². The number of guanidine groups is 1. The van der Waals surface area contributed by atoms with Gasteiger partial charge in [0, 0.05) is 12.1 Å². The molecule has 0 saturated carbocycles. The van der Waals surface area contributed by atoms with Crippen LogP contribution in [0.4, 0.5) is 0 Å². The molecular weight excluding hydrogens is 208 g/mol. The lowest BCUT2D eigenvalue weighted by Crippen LogP contribution is -2.36. The van der Waals surface area contributed by atoms with Gasteiger partial charge in [0.15, 0.2) is 5.96 Å². The average molecular weight is 226 g/mol. The molecule has 0 aromatic carbocycles. The van der Waals surface area contributed by atoms with Gasteiger partial charge in [-0.2, -0.15) is 0 Å². The monoisotopic (exact) mass is 226 g/mol. The van der Waals surface area contributed by atoms with Crippen LogP contribution in [-0.4, -0.2) is 30.7 Å². The fraction of sp³-hybridized carbons (Fsp3) is 0.500. The summed E-state index contributed by atoms with van der Waals surface area (Å²) >= 11 is 0. The summed E-state index contributed by atoms with van der Waals surface area (Å²) in [5, 5.41) is 2.54. The quantitative estimate of drug-likeness (QED) is 0.175. The Hall–Kier alpha value is -1.85. The van der Waals surface area contributed by atoms with E-state index in [1.165, 1.54) is 0 Å². The summed E-state index contributed by atoms with van der Waals surface area (Å²) in [4.78, 5) is 25.6. The molecule has 0 aliphatic rings. The minimum atomic E-state index is -0.515. The van der Waals surface area contributed by atoms with Gasteiger partial charge in [0.25, 0.3) is 0 Å². The highest BCUT2D eigenvalue weighted by atomic mass is 16.2. The maximum Gasteiger partial charge on any atom is 0.246 e. The standard InChI is InChI=1S/C10H18N4O2/c1-7(2)9(16)14-8(6-15)4-3-5-13-10(11)12/h6,8H,1,3-5H2,2H3,(H,14,16)(H4,11,12,13). The Labute approximate surface area is 94.8 Å². The highest BCUT2D eigenvalue weighted by Crippen LogP contribution is 1.97. The first-order chi connectivity index (χ1) is 7.47. The van der Waals surface area contributed by atoms with E-state index < -0.39 is 6.04 Å². The molecule has 0 rings (SSSR count). The van der Waals surface area contributed by atoms with Gasteiger partial charge in [-0.05, 0) is 19.8 Å². The fourth-order valence-electron chi connectivity index (χ4n) is 0.985. The number of aliphatic imine (C=N–C) groups is 1. The van der Waals surface area contributed by atoms with E-state index in [2.05, 4.69) is 16.9 Å². The van der Waals surface area contributed by atoms with E-state index in [4.69, 9.17) is 11.5 Å². The van der Waals surface area contributed by atoms with Gasteiger partial charge in [-0.1, -0.05) is 6.58 Å². The Kier molecular flexibility index (Phi) is 6.58. The molecule has 0 fully saturated rings. The maximum atomic E-state index is 11.2. The summed E-state index contributed by atoms with van der Waals surface area (Å²) in [6, 6.07) is -0.515. The van der Waals surface area contributed by atoms with Gasteiger partial charge in [-0.15, -0.1) is 0 Å². The molecule has 0 aliphatic carbocycles. The number of nitrogens with two attached hydrogens (primary N) is 2. The second-order valence-electron chi connectivity index (χ2n) is 3.45. The Bertz CT molecular complexity index is 295. The lowest BCUT2D eigenvalue weighted by Gasteiger charge is -2.11. The van der Waals surface area contributed by atoms with E-state index in [-0.39, 0.29) is 11.9 Å². The van der Waals surface area contributed by atoms with Crippen molar-refractivity contribution in [2.45, 2.75) is 25.8 Å². The topological polar surface area (TPSA) is 111 Å². The van der Waals surface area contributed by atoms with Crippen molar-refractivity contribution >= 4 is 18.2 Å². The minimum Gasteiger partial charge on any atom is -0.370 e. The Morgan fingerprint density at radius 2 is 2.19 bits per heavy atom. The van der Waals surface area contributed by atoms with Crippen molar-refractivity contribution in [2.75, 3.05) is 6.54 Å². The molecule has 0 heterocycles. The molecule has 0 bridgehead atoms. The van der Waals surface area contributed by atoms with Crippen molar-refractivity contribution in [3.8, 4) is 0 Å². The van der Waals surface area contributed by atoms with Gasteiger partial charge in [0.05, 0.1) is 6.04 Å². The third kappa shape index (κ3) is 6.58. The molecule has 0 aromatic heterocycles. The minimum absolute atomic E-state index is 0.0219. The maximum absolute atomic E-state index is 11.2. The SMILES string of the molecule is C=C(C)C(=O)NC(C=O)CCCN=C(N)N. The van der Waals surface area contributed by atoms with Gasteiger partial charge in [-0.3, -0.25) is 9.79 Å². The van der Waals surface area contributed by atoms with Crippen LogP contribution in [0.5, 0.6) is 0 Å². The zero-order valence-corrected chi connectivity index (χ0v) is 9.40. The fourth-order valence-corrected chi connectivity index (χ4v) is 0.985. The number of hydrogen-bond acceptors (Lipinski definition) is 3. The highest BCUT2D eigenvalue weighted by Gasteiger charge is 2.10. The van der Waals surface area contributed by atoms with E-state index >= 15 is 0 Å². The zero-order chi connectivity index (χ0) is 12.6. The van der Waals surface area contributed by atoms with Gasteiger partial charge < -0.3 is 21.6 Å². The molecule has 0 aromatic rings. The van der Waals surface area contributed by atoms with Crippen molar-refractivity contribution in [3.63, 3.8) is 0 Å². The molecular formula is C10H18N4O2. The van der Waals surface area contributed by atoms with E-state index in [1.807, 2.05) is 0 Å². The third-order valence-electron chi connectivity index (χ3n) is 1.84. The first-order valence-electron chi connectivity index (χ1n) is 4.94. The molecule has 90 valence electrons. The molecule has 6 nitrogen and oxygen atoms in total. The Balaban J connectivity index is 3.93. The molecule has 0 saturated heterocycles. The number of amides is 1. The van der Waals surface area contributed by atoms with E-state index in [0.29, 0.717) is 31.2 Å². The number of nitrogens with one attached hydrogen (secondary N) is 1. The smallest absolute Gasteiger partial charge is 0.246 e. The third-order valence-corrected chi connectivity index (χ3v) is 1.84. The zero-order valence-electron chi connectivity index (χ0n) is 9.40. The first-order valence-corrected chi connectivity index (χ1v) is 4.94. The molecule has 5 N–H and O–H groups in total. The molecule has 1 amide bonds. The van der Waals surface area contributed by atoms with Crippen LogP contribution in [0.1, 0.15) is 19.8 Å². The van der Waals surface area contributed by atoms with Crippen LogP contribution >= 0.6 is 0 Å². The summed E-state index contributed by atoms with van der Waals surface area (Å²) in [5.41, 5.74) is 10.6. The summed E-state index contributed by atoms with van der Waals surface area (Å²) in [7, 11) is 0. The highest BCUT2D eigenvalue weighted by molar-refractivity contribution is 5.93. The lowest BCUT2D eigenvalue weighted by molar-refractivity contribution is -0.121. The molecule has 0 radical (unpaired) electrons. The summed E-state index contributed by atoms with van der Waals surface area (Å²) in [5.74, 6) is -0.299. The molecule has 0 aliphatic heterocycles. The second kappa shape index (κ2) is 7.44. The number of carbonyl (C=O) groups excluding carboxylic acids is 2. The van der Waals surface area contributed by atoms with E-state index in [1.54, 1.807) is 6.92 Å². The summed E-state index contributed by atoms with van der Waals surface area (Å²) in [6.45, 7) is 5.50. The van der Waals surface area contributed by atoms with E-state index in [0.717, 1.165) is 0 Å². The Morgan fingerprint density at radius 3 is 2.62 bits per heavy atom. The van der Waals surface area contributed by atoms with Crippen LogP contribution in [0.2, 0.25) is 0 Å². The van der Waals surface area contributed by atoms with Gasteiger partial charge in [-0.25, -0.2) is 0 Å². The van der Waals surface area contributed by atoms with Crippen LogP contribution in [0, 0.1) is 0 Å². The molecule has 6 heteroatoms. The van der Waals surface area contributed by atoms with Crippen LogP contribution in [0.3, 0.4) is 0 Å². The normalized spacial score (nSPS) is 11.3. The van der Waals surface area contributed by atoms with Crippen molar-refractivity contribution in [2.24, 2.45) is 16.5 Å². The van der Waals surface area contributed by atoms with Crippen LogP contribution < -0.4 is 16.8 Å². The van der Waals surface area contributed by atoms with Gasteiger partial charge >= 0.3 is 0 Å². The van der Waals surface area contributed by atoms with Gasteiger partial charge in [0.2, 0.25) is 5.91 Å². The lowest BCUT2D eigenvalue weighted by atomic mass is 10.1. The molecule has 1 atom stereocenters. The largest absolute Gasteiger partial charge is 0.370 e. The Morgan fingerprint density at radius 1 is 1.56 bits per heavy atom. The van der Waals surface area contributed by atoms with Gasteiger partial charge in [0.1, 0.15) is 6.29 Å². The van der Waals surface area contributed by atoms with Crippen molar-refractivity contribution in [1.82, 2.24) is 5.32 Å². The number of nitrogens with zero attached hydrogens (tertiary/aromatic N) is 1. The summed E-state index contributed by atoms with van der Waals surface area (Å²) < 4.78 is 0. The predicted octanol–water partition coefficient (Wildman–Crippen LogP) is -0.700. The van der Waals surface area contributed by atoms with Crippen molar-refractivity contribution in [3.05, 3.63) is 12.2 Å². The van der Waals surface area contributed by atoms with Crippen LogP contribution in [0.15, 0.2) is 17.1 Å². The van der Waals surface area contributed by atoms with Crippen molar-refractivity contribution < 1.29 is 9.59 Å². The number of hydrogen-bond donors (Lipinski definition) is 3. The van der Waals surface area contributed by atoms with Crippen LogP contribution in [0.25, 0.3) is 0 Å². The average Bonchev–Trinajstić information content (AvgIpc) is 2.21. The first kappa shape index (κ1) is 14.2. The predicted molar refractivity (Wildman–Crippen MR) is 62.7 cm³/mol. The molecule has 1 unspecified atom stereocenters. The number of aldehydes is 1. The molecule has 0 spiro atoms. The summed E-state index contributed by atoms with van der Waals surface area (Å²) in [6.07, 6.45) is 1.81. The number of rotatable bonds is 7. The van der Waals surface area contributed by atoms with Crippen molar-refractivity contribution in [1.29, 1.82) is 0 Å². The number of carbonyl (C=O) groups is 2. The molecule has 16 heavy (non-hydrogen) atoms. The van der Waals surface area contributed by atoms with E-state index in [9.17, 15) is 9.59 Å².